The standard InChI is InChI=1S/C19H24ClN3O6S2/c1-19(2,3)29-18(25)21-8-16(24)22-17-23(12-7-11(20)5-6-14(12)28-4)13-9-31(26,27)10-15(13)30-17/h5-7,13,15H,8-10H2,1-4H3,(H,21,25)/t13-,15-/m1/s1. The van der Waals surface area contributed by atoms with E-state index in [2.05, 4.69) is 10.3 Å². The highest BCUT2D eigenvalue weighted by Gasteiger charge is 2.50. The van der Waals surface area contributed by atoms with Crippen LogP contribution in [0.15, 0.2) is 23.2 Å². The maximum absolute atomic E-state index is 12.4. The van der Waals surface area contributed by atoms with Crippen molar-refractivity contribution in [2.45, 2.75) is 37.7 Å². The van der Waals surface area contributed by atoms with Gasteiger partial charge in [0, 0.05) is 10.3 Å². The number of carbonyl (C=O) groups is 2. The first-order chi connectivity index (χ1) is 14.4. The monoisotopic (exact) mass is 489 g/mol. The molecule has 1 aromatic rings. The molecular formula is C19H24ClN3O6S2. The Morgan fingerprint density at radius 2 is 2.03 bits per heavy atom. The van der Waals surface area contributed by atoms with Crippen LogP contribution in [-0.4, -0.2) is 67.6 Å². The average Bonchev–Trinajstić information content (AvgIpc) is 3.09. The molecular weight excluding hydrogens is 466 g/mol. The number of ether oxygens (including phenoxy) is 2. The molecule has 2 atom stereocenters. The highest BCUT2D eigenvalue weighted by Crippen LogP contribution is 2.44. The van der Waals surface area contributed by atoms with Crippen molar-refractivity contribution in [1.82, 2.24) is 5.32 Å². The Morgan fingerprint density at radius 3 is 2.68 bits per heavy atom. The van der Waals surface area contributed by atoms with Gasteiger partial charge in [-0.25, -0.2) is 13.2 Å². The number of thioether (sulfide) groups is 1. The largest absolute Gasteiger partial charge is 0.495 e. The lowest BCUT2D eigenvalue weighted by molar-refractivity contribution is -0.117. The normalized spacial score (nSPS) is 23.5. The molecule has 3 rings (SSSR count). The fourth-order valence-corrected chi connectivity index (χ4v) is 7.40. The van der Waals surface area contributed by atoms with Crippen molar-refractivity contribution in [3.63, 3.8) is 0 Å². The molecule has 0 radical (unpaired) electrons. The first-order valence-electron chi connectivity index (χ1n) is 9.47. The van der Waals surface area contributed by atoms with Gasteiger partial charge in [0.05, 0.1) is 30.3 Å². The molecule has 1 N–H and O–H groups in total. The number of carbonyl (C=O) groups excluding carboxylic acids is 2. The van der Waals surface area contributed by atoms with Crippen molar-refractivity contribution in [2.75, 3.05) is 30.1 Å². The molecule has 2 amide bonds. The quantitative estimate of drug-likeness (QED) is 0.686. The number of hydrogen-bond acceptors (Lipinski definition) is 7. The zero-order valence-electron chi connectivity index (χ0n) is 17.5. The molecule has 0 spiro atoms. The molecule has 0 unspecified atom stereocenters. The number of benzene rings is 1. The number of rotatable bonds is 4. The number of alkyl carbamates (subject to hydrolysis) is 1. The predicted molar refractivity (Wildman–Crippen MR) is 121 cm³/mol. The van der Waals surface area contributed by atoms with Gasteiger partial charge in [-0.1, -0.05) is 23.4 Å². The lowest BCUT2D eigenvalue weighted by Crippen LogP contribution is -2.39. The third kappa shape index (κ3) is 5.83. The van der Waals surface area contributed by atoms with Crippen LogP contribution in [0.1, 0.15) is 20.8 Å². The highest BCUT2D eigenvalue weighted by atomic mass is 35.5. The Morgan fingerprint density at radius 1 is 1.32 bits per heavy atom. The Bertz CT molecular complexity index is 1020. The van der Waals surface area contributed by atoms with E-state index in [1.807, 2.05) is 0 Å². The van der Waals surface area contributed by atoms with Crippen LogP contribution in [0.3, 0.4) is 0 Å². The Balaban J connectivity index is 1.86. The molecule has 2 fully saturated rings. The summed E-state index contributed by atoms with van der Waals surface area (Å²) in [6.45, 7) is 4.79. The summed E-state index contributed by atoms with van der Waals surface area (Å²) in [6.07, 6.45) is -0.726. The van der Waals surface area contributed by atoms with Crippen molar-refractivity contribution < 1.29 is 27.5 Å². The third-order valence-electron chi connectivity index (χ3n) is 4.47. The molecule has 2 aliphatic heterocycles. The lowest BCUT2D eigenvalue weighted by atomic mass is 10.2. The summed E-state index contributed by atoms with van der Waals surface area (Å²) in [5, 5.41) is 2.86. The minimum absolute atomic E-state index is 0.00885. The van der Waals surface area contributed by atoms with E-state index in [1.165, 1.54) is 18.9 Å². The Labute approximate surface area is 190 Å². The van der Waals surface area contributed by atoms with Crippen molar-refractivity contribution in [2.24, 2.45) is 4.99 Å². The number of fused-ring (bicyclic) bond motifs is 1. The van der Waals surface area contributed by atoms with E-state index in [4.69, 9.17) is 21.1 Å². The number of amidine groups is 1. The second-order valence-corrected chi connectivity index (χ2v) is 11.9. The van der Waals surface area contributed by atoms with Crippen LogP contribution in [0.5, 0.6) is 5.75 Å². The summed E-state index contributed by atoms with van der Waals surface area (Å²) in [7, 11) is -1.73. The zero-order valence-corrected chi connectivity index (χ0v) is 19.9. The molecule has 0 aliphatic carbocycles. The third-order valence-corrected chi connectivity index (χ3v) is 7.92. The summed E-state index contributed by atoms with van der Waals surface area (Å²) in [4.78, 5) is 30.1. The van der Waals surface area contributed by atoms with Crippen molar-refractivity contribution in [1.29, 1.82) is 0 Å². The summed E-state index contributed by atoms with van der Waals surface area (Å²) >= 11 is 7.38. The fraction of sp³-hybridized carbons (Fsp3) is 0.526. The Hall–Kier alpha value is -1.98. The van der Waals surface area contributed by atoms with Gasteiger partial charge in [-0.15, -0.1) is 0 Å². The van der Waals surface area contributed by atoms with Gasteiger partial charge in [0.1, 0.15) is 17.9 Å². The van der Waals surface area contributed by atoms with Crippen molar-refractivity contribution in [3.05, 3.63) is 23.2 Å². The topological polar surface area (TPSA) is 114 Å². The molecule has 12 heteroatoms. The maximum Gasteiger partial charge on any atom is 0.408 e. The summed E-state index contributed by atoms with van der Waals surface area (Å²) < 4.78 is 34.9. The van der Waals surface area contributed by atoms with Gasteiger partial charge in [0.25, 0.3) is 5.91 Å². The van der Waals surface area contributed by atoms with Gasteiger partial charge in [0.2, 0.25) is 0 Å². The van der Waals surface area contributed by atoms with Crippen molar-refractivity contribution >= 4 is 56.1 Å². The number of hydrogen-bond donors (Lipinski definition) is 1. The SMILES string of the molecule is COc1ccc(Cl)cc1N1C(=NC(=O)CNC(=O)OC(C)(C)C)S[C@@H]2CS(=O)(=O)C[C@H]21. The first-order valence-corrected chi connectivity index (χ1v) is 12.5. The molecule has 9 nitrogen and oxygen atoms in total. The van der Waals surface area contributed by atoms with Gasteiger partial charge in [0.15, 0.2) is 15.0 Å². The molecule has 2 heterocycles. The summed E-state index contributed by atoms with van der Waals surface area (Å²) in [5.41, 5.74) is -0.165. The van der Waals surface area contributed by atoms with Gasteiger partial charge < -0.3 is 19.7 Å². The van der Waals surface area contributed by atoms with E-state index in [9.17, 15) is 18.0 Å². The number of amides is 2. The molecule has 170 valence electrons. The van der Waals surface area contributed by atoms with E-state index >= 15 is 0 Å². The minimum atomic E-state index is -3.22. The van der Waals surface area contributed by atoms with Crippen LogP contribution in [0, 0.1) is 0 Å². The molecule has 2 aliphatic rings. The van der Waals surface area contributed by atoms with E-state index in [0.717, 1.165) is 0 Å². The van der Waals surface area contributed by atoms with E-state index < -0.39 is 33.5 Å². The number of sulfone groups is 1. The summed E-state index contributed by atoms with van der Waals surface area (Å²) in [6, 6.07) is 4.56. The van der Waals surface area contributed by atoms with Gasteiger partial charge in [-0.2, -0.15) is 4.99 Å². The molecule has 1 aromatic carbocycles. The number of halogens is 1. The fourth-order valence-electron chi connectivity index (χ4n) is 3.31. The highest BCUT2D eigenvalue weighted by molar-refractivity contribution is 8.16. The van der Waals surface area contributed by atoms with E-state index in [1.54, 1.807) is 43.9 Å². The van der Waals surface area contributed by atoms with Crippen LogP contribution in [-0.2, 0) is 19.4 Å². The van der Waals surface area contributed by atoms with Crippen molar-refractivity contribution in [3.8, 4) is 5.75 Å². The number of aliphatic imine (C=N–C) groups is 1. The van der Waals surface area contributed by atoms with Gasteiger partial charge in [-0.05, 0) is 39.0 Å². The molecule has 31 heavy (non-hydrogen) atoms. The van der Waals surface area contributed by atoms with Crippen LogP contribution in [0.2, 0.25) is 5.02 Å². The average molecular weight is 490 g/mol. The predicted octanol–water partition coefficient (Wildman–Crippen LogP) is 2.47. The number of nitrogens with zero attached hydrogens (tertiary/aromatic N) is 2. The van der Waals surface area contributed by atoms with E-state index in [-0.39, 0.29) is 23.3 Å². The maximum atomic E-state index is 12.4. The lowest BCUT2D eigenvalue weighted by Gasteiger charge is -2.26. The number of methoxy groups -OCH3 is 1. The zero-order chi connectivity index (χ0) is 23.0. The van der Waals surface area contributed by atoms with Gasteiger partial charge in [-0.3, -0.25) is 4.79 Å². The minimum Gasteiger partial charge on any atom is -0.495 e. The summed E-state index contributed by atoms with van der Waals surface area (Å²) in [5.74, 6) is -0.196. The first kappa shape index (κ1) is 23.7. The molecule has 0 saturated carbocycles. The molecule has 2 saturated heterocycles. The molecule has 0 bridgehead atoms. The smallest absolute Gasteiger partial charge is 0.408 e. The van der Waals surface area contributed by atoms with Crippen LogP contribution in [0.4, 0.5) is 10.5 Å². The second-order valence-electron chi connectivity index (χ2n) is 8.13. The van der Waals surface area contributed by atoms with Gasteiger partial charge >= 0.3 is 6.09 Å². The van der Waals surface area contributed by atoms with Crippen LogP contribution >= 0.6 is 23.4 Å². The Kier molecular flexibility index (Phi) is 6.78. The number of nitrogens with one attached hydrogen (secondary N) is 1. The number of anilines is 1. The van der Waals surface area contributed by atoms with E-state index in [0.29, 0.717) is 21.6 Å². The second kappa shape index (κ2) is 8.87. The molecule has 0 aromatic heterocycles. The van der Waals surface area contributed by atoms with Crippen LogP contribution in [0.25, 0.3) is 0 Å². The van der Waals surface area contributed by atoms with Crippen LogP contribution < -0.4 is 15.0 Å².